The first-order valence-corrected chi connectivity index (χ1v) is 7.25. The summed E-state index contributed by atoms with van der Waals surface area (Å²) in [5, 5.41) is 6.38. The Morgan fingerprint density at radius 1 is 1.48 bits per heavy atom. The summed E-state index contributed by atoms with van der Waals surface area (Å²) in [6.07, 6.45) is 3.71. The van der Waals surface area contributed by atoms with Gasteiger partial charge in [-0.15, -0.1) is 0 Å². The summed E-state index contributed by atoms with van der Waals surface area (Å²) < 4.78 is 15.4. The van der Waals surface area contributed by atoms with Gasteiger partial charge in [0.05, 0.1) is 22.7 Å². The second-order valence-electron chi connectivity index (χ2n) is 5.14. The normalized spacial score (nSPS) is 12.0. The lowest BCUT2D eigenvalue weighted by atomic mass is 10.0. The van der Waals surface area contributed by atoms with Gasteiger partial charge in [-0.05, 0) is 24.1 Å². The average molecular weight is 339 g/mol. The molecular weight excluding hydrogens is 323 g/mol. The molecule has 23 heavy (non-hydrogen) atoms. The van der Waals surface area contributed by atoms with Gasteiger partial charge in [0.25, 0.3) is 5.91 Å². The first-order valence-electron chi connectivity index (χ1n) is 6.87. The number of nitrogens with two attached hydrogens (primary N) is 1. The van der Waals surface area contributed by atoms with Gasteiger partial charge < -0.3 is 11.1 Å². The van der Waals surface area contributed by atoms with E-state index in [1.54, 1.807) is 24.1 Å². The van der Waals surface area contributed by atoms with Gasteiger partial charge in [0.15, 0.2) is 5.82 Å². The molecule has 0 aliphatic rings. The number of hydrogen-bond acceptors (Lipinski definition) is 3. The van der Waals surface area contributed by atoms with Crippen molar-refractivity contribution in [1.29, 1.82) is 0 Å². The monoisotopic (exact) mass is 338 g/mol. The van der Waals surface area contributed by atoms with Crippen molar-refractivity contribution in [2.24, 2.45) is 18.7 Å². The molecule has 2 amide bonds. The van der Waals surface area contributed by atoms with E-state index in [2.05, 4.69) is 10.4 Å². The molecule has 2 aromatic rings. The molecule has 1 aromatic heterocycles. The zero-order chi connectivity index (χ0) is 17.0. The SMILES string of the molecule is Cn1cc(C[C@H](CNC(=O)c2cccc(Cl)c2F)C(N)=O)cn1. The molecule has 0 saturated heterocycles. The number of aryl methyl sites for hydroxylation is 1. The maximum absolute atomic E-state index is 13.8. The minimum atomic E-state index is -0.797. The van der Waals surface area contributed by atoms with Crippen LogP contribution in [-0.4, -0.2) is 28.1 Å². The Kier molecular flexibility index (Phi) is 5.33. The van der Waals surface area contributed by atoms with E-state index >= 15 is 0 Å². The van der Waals surface area contributed by atoms with E-state index < -0.39 is 23.5 Å². The molecule has 0 radical (unpaired) electrons. The fourth-order valence-electron chi connectivity index (χ4n) is 2.13. The van der Waals surface area contributed by atoms with Gasteiger partial charge >= 0.3 is 0 Å². The first kappa shape index (κ1) is 17.0. The number of carbonyl (C=O) groups is 2. The van der Waals surface area contributed by atoms with Crippen LogP contribution in [-0.2, 0) is 18.3 Å². The second-order valence-corrected chi connectivity index (χ2v) is 5.54. The molecule has 1 aromatic carbocycles. The second kappa shape index (κ2) is 7.23. The molecule has 2 rings (SSSR count). The summed E-state index contributed by atoms with van der Waals surface area (Å²) >= 11 is 5.64. The van der Waals surface area contributed by atoms with Crippen molar-refractivity contribution in [3.63, 3.8) is 0 Å². The molecule has 0 spiro atoms. The fourth-order valence-corrected chi connectivity index (χ4v) is 2.30. The predicted molar refractivity (Wildman–Crippen MR) is 83.3 cm³/mol. The van der Waals surface area contributed by atoms with Crippen LogP contribution >= 0.6 is 11.6 Å². The average Bonchev–Trinajstić information content (AvgIpc) is 2.91. The van der Waals surface area contributed by atoms with Crippen molar-refractivity contribution in [2.45, 2.75) is 6.42 Å². The lowest BCUT2D eigenvalue weighted by Gasteiger charge is -2.14. The van der Waals surface area contributed by atoms with Crippen molar-refractivity contribution < 1.29 is 14.0 Å². The van der Waals surface area contributed by atoms with Crippen LogP contribution in [0.3, 0.4) is 0 Å². The summed E-state index contributed by atoms with van der Waals surface area (Å²) in [5.41, 5.74) is 6.00. The summed E-state index contributed by atoms with van der Waals surface area (Å²) in [6, 6.07) is 4.14. The van der Waals surface area contributed by atoms with Crippen LogP contribution in [0.1, 0.15) is 15.9 Å². The molecule has 3 N–H and O–H groups in total. The van der Waals surface area contributed by atoms with Gasteiger partial charge in [0.1, 0.15) is 0 Å². The minimum Gasteiger partial charge on any atom is -0.369 e. The predicted octanol–water partition coefficient (Wildman–Crippen LogP) is 1.29. The highest BCUT2D eigenvalue weighted by molar-refractivity contribution is 6.31. The van der Waals surface area contributed by atoms with Gasteiger partial charge in [-0.25, -0.2) is 4.39 Å². The Morgan fingerprint density at radius 2 is 2.22 bits per heavy atom. The largest absolute Gasteiger partial charge is 0.369 e. The van der Waals surface area contributed by atoms with Crippen molar-refractivity contribution in [3.8, 4) is 0 Å². The highest BCUT2D eigenvalue weighted by Gasteiger charge is 2.20. The lowest BCUT2D eigenvalue weighted by Crippen LogP contribution is -2.37. The molecule has 1 atom stereocenters. The molecule has 0 aliphatic carbocycles. The maximum Gasteiger partial charge on any atom is 0.254 e. The van der Waals surface area contributed by atoms with Crippen LogP contribution in [0, 0.1) is 11.7 Å². The maximum atomic E-state index is 13.8. The topological polar surface area (TPSA) is 90.0 Å². The van der Waals surface area contributed by atoms with Crippen molar-refractivity contribution in [3.05, 3.63) is 52.6 Å². The van der Waals surface area contributed by atoms with Crippen molar-refractivity contribution in [2.75, 3.05) is 6.54 Å². The first-order chi connectivity index (χ1) is 10.9. The van der Waals surface area contributed by atoms with Crippen LogP contribution < -0.4 is 11.1 Å². The highest BCUT2D eigenvalue weighted by Crippen LogP contribution is 2.17. The summed E-state index contributed by atoms with van der Waals surface area (Å²) in [4.78, 5) is 23.6. The molecule has 6 nitrogen and oxygen atoms in total. The summed E-state index contributed by atoms with van der Waals surface area (Å²) in [6.45, 7) is -0.00495. The van der Waals surface area contributed by atoms with E-state index in [0.29, 0.717) is 6.42 Å². The van der Waals surface area contributed by atoms with E-state index in [-0.39, 0.29) is 17.1 Å². The Labute approximate surface area is 137 Å². The molecule has 0 fully saturated rings. The van der Waals surface area contributed by atoms with Gasteiger partial charge in [-0.3, -0.25) is 14.3 Å². The van der Waals surface area contributed by atoms with Crippen molar-refractivity contribution >= 4 is 23.4 Å². The van der Waals surface area contributed by atoms with Gasteiger partial charge in [0.2, 0.25) is 5.91 Å². The molecule has 0 bridgehead atoms. The standard InChI is InChI=1S/C15H16ClFN4O2/c1-21-8-9(6-20-21)5-10(14(18)22)7-19-15(23)11-3-2-4-12(16)13(11)17/h2-4,6,8,10H,5,7H2,1H3,(H2,18,22)(H,19,23)/t10-/m1/s1. The van der Waals surface area contributed by atoms with E-state index in [9.17, 15) is 14.0 Å². The van der Waals surface area contributed by atoms with Gasteiger partial charge in [0, 0.05) is 19.8 Å². The van der Waals surface area contributed by atoms with Crippen molar-refractivity contribution in [1.82, 2.24) is 15.1 Å². The zero-order valence-electron chi connectivity index (χ0n) is 12.4. The quantitative estimate of drug-likeness (QED) is 0.831. The number of nitrogens with one attached hydrogen (secondary N) is 1. The number of primary amides is 1. The zero-order valence-corrected chi connectivity index (χ0v) is 13.2. The van der Waals surface area contributed by atoms with E-state index in [0.717, 1.165) is 5.56 Å². The number of nitrogens with zero attached hydrogens (tertiary/aromatic N) is 2. The smallest absolute Gasteiger partial charge is 0.254 e. The molecular formula is C15H16ClFN4O2. The van der Waals surface area contributed by atoms with Gasteiger partial charge in [-0.2, -0.15) is 5.10 Å². The fraction of sp³-hybridized carbons (Fsp3) is 0.267. The third-order valence-corrected chi connectivity index (χ3v) is 3.64. The molecule has 1 heterocycles. The molecule has 122 valence electrons. The lowest BCUT2D eigenvalue weighted by molar-refractivity contribution is -0.121. The number of halogens is 2. The molecule has 0 aliphatic heterocycles. The third kappa shape index (κ3) is 4.29. The highest BCUT2D eigenvalue weighted by atomic mass is 35.5. The van der Waals surface area contributed by atoms with Crippen LogP contribution in [0.2, 0.25) is 5.02 Å². The summed E-state index contributed by atoms with van der Waals surface area (Å²) in [5.74, 6) is -2.62. The third-order valence-electron chi connectivity index (χ3n) is 3.35. The van der Waals surface area contributed by atoms with Crippen LogP contribution in [0.15, 0.2) is 30.6 Å². The number of benzene rings is 1. The van der Waals surface area contributed by atoms with E-state index in [4.69, 9.17) is 17.3 Å². The Bertz CT molecular complexity index is 732. The Morgan fingerprint density at radius 3 is 2.83 bits per heavy atom. The number of aromatic nitrogens is 2. The molecule has 0 unspecified atom stereocenters. The molecule has 8 heteroatoms. The number of rotatable bonds is 6. The number of amides is 2. The van der Waals surface area contributed by atoms with E-state index in [1.165, 1.54) is 18.2 Å². The molecule has 0 saturated carbocycles. The Balaban J connectivity index is 2.02. The minimum absolute atomic E-state index is 0.00495. The van der Waals surface area contributed by atoms with Crippen LogP contribution in [0.25, 0.3) is 0 Å². The number of carbonyl (C=O) groups excluding carboxylic acids is 2. The van der Waals surface area contributed by atoms with Gasteiger partial charge in [-0.1, -0.05) is 17.7 Å². The number of hydrogen-bond donors (Lipinski definition) is 2. The summed E-state index contributed by atoms with van der Waals surface area (Å²) in [7, 11) is 1.76. The van der Waals surface area contributed by atoms with Crippen LogP contribution in [0.4, 0.5) is 4.39 Å². The van der Waals surface area contributed by atoms with E-state index in [1.807, 2.05) is 0 Å². The van der Waals surface area contributed by atoms with Crippen LogP contribution in [0.5, 0.6) is 0 Å². The Hall–Kier alpha value is -2.41.